The Bertz CT molecular complexity index is 649. The molecule has 0 spiro atoms. The fourth-order valence-corrected chi connectivity index (χ4v) is 2.62. The molecule has 2 aromatic rings. The highest BCUT2D eigenvalue weighted by atomic mass is 32.1. The first-order valence-corrected chi connectivity index (χ1v) is 7.01. The third-order valence-electron chi connectivity index (χ3n) is 3.03. The maximum absolute atomic E-state index is 13.2. The number of hydrogen-bond acceptors (Lipinski definition) is 3. The fraction of sp³-hybridized carbons (Fsp3) is 0.214. The molecule has 21 heavy (non-hydrogen) atoms. The fourth-order valence-electron chi connectivity index (χ4n) is 1.80. The van der Waals surface area contributed by atoms with Crippen molar-refractivity contribution in [3.63, 3.8) is 0 Å². The summed E-state index contributed by atoms with van der Waals surface area (Å²) in [5.41, 5.74) is 5.87. The molecule has 1 amide bonds. The van der Waals surface area contributed by atoms with Crippen LogP contribution in [0.15, 0.2) is 23.6 Å². The summed E-state index contributed by atoms with van der Waals surface area (Å²) in [6.45, 7) is 2.11. The molecule has 1 atom stereocenters. The van der Waals surface area contributed by atoms with E-state index in [1.54, 1.807) is 18.4 Å². The number of benzene rings is 1. The van der Waals surface area contributed by atoms with E-state index in [4.69, 9.17) is 5.73 Å². The van der Waals surface area contributed by atoms with Gasteiger partial charge < -0.3 is 11.1 Å². The topological polar surface area (TPSA) is 55.1 Å². The predicted molar refractivity (Wildman–Crippen MR) is 74.4 cm³/mol. The molecule has 1 aromatic heterocycles. The molecule has 0 fully saturated rings. The van der Waals surface area contributed by atoms with Crippen molar-refractivity contribution < 1.29 is 18.0 Å². The van der Waals surface area contributed by atoms with Gasteiger partial charge >= 0.3 is 0 Å². The highest BCUT2D eigenvalue weighted by Gasteiger charge is 2.14. The number of carbonyl (C=O) groups is 1. The first-order valence-electron chi connectivity index (χ1n) is 6.13. The molecule has 7 heteroatoms. The van der Waals surface area contributed by atoms with Crippen LogP contribution in [0, 0.1) is 17.5 Å². The number of halogens is 3. The molecule has 112 valence electrons. The molecule has 3 nitrogen and oxygen atoms in total. The van der Waals surface area contributed by atoms with Crippen LogP contribution in [0.1, 0.15) is 33.8 Å². The summed E-state index contributed by atoms with van der Waals surface area (Å²) in [6.07, 6.45) is 0. The van der Waals surface area contributed by atoms with E-state index >= 15 is 0 Å². The lowest BCUT2D eigenvalue weighted by atomic mass is 10.1. The Morgan fingerprint density at radius 2 is 1.90 bits per heavy atom. The number of nitrogens with two attached hydrogens (primary N) is 1. The minimum atomic E-state index is -1.48. The normalized spacial score (nSPS) is 12.4. The van der Waals surface area contributed by atoms with Crippen molar-refractivity contribution in [1.29, 1.82) is 0 Å². The molecule has 1 aromatic carbocycles. The number of carbonyl (C=O) groups excluding carboxylic acids is 1. The summed E-state index contributed by atoms with van der Waals surface area (Å²) in [5, 5.41) is 4.68. The lowest BCUT2D eigenvalue weighted by Crippen LogP contribution is -2.18. The maximum atomic E-state index is 13.2. The third-order valence-corrected chi connectivity index (χ3v) is 3.96. The summed E-state index contributed by atoms with van der Waals surface area (Å²) in [7, 11) is 0. The SMILES string of the molecule is CC(NCc1cc(C(N)=O)cs1)c1cc(F)c(F)c(F)c1. The van der Waals surface area contributed by atoms with Crippen LogP contribution in [0.2, 0.25) is 0 Å². The molecular weight excluding hydrogens is 301 g/mol. The van der Waals surface area contributed by atoms with E-state index in [0.717, 1.165) is 17.0 Å². The Hall–Kier alpha value is -1.86. The van der Waals surface area contributed by atoms with Crippen LogP contribution in [-0.2, 0) is 6.54 Å². The largest absolute Gasteiger partial charge is 0.366 e. The van der Waals surface area contributed by atoms with Gasteiger partial charge in [0.1, 0.15) is 0 Å². The van der Waals surface area contributed by atoms with Crippen molar-refractivity contribution in [3.8, 4) is 0 Å². The Labute approximate surface area is 123 Å². The van der Waals surface area contributed by atoms with Crippen LogP contribution in [0.25, 0.3) is 0 Å². The van der Waals surface area contributed by atoms with Gasteiger partial charge in [0.05, 0.1) is 5.56 Å². The zero-order chi connectivity index (χ0) is 15.6. The van der Waals surface area contributed by atoms with E-state index in [9.17, 15) is 18.0 Å². The highest BCUT2D eigenvalue weighted by molar-refractivity contribution is 7.10. The second kappa shape index (κ2) is 6.28. The predicted octanol–water partition coefficient (Wildman–Crippen LogP) is 3.12. The molecule has 0 aliphatic rings. The Morgan fingerprint density at radius 1 is 1.29 bits per heavy atom. The van der Waals surface area contributed by atoms with Gasteiger partial charge in [-0.25, -0.2) is 13.2 Å². The van der Waals surface area contributed by atoms with E-state index in [-0.39, 0.29) is 6.04 Å². The zero-order valence-corrected chi connectivity index (χ0v) is 11.9. The number of amides is 1. The van der Waals surface area contributed by atoms with Crippen molar-refractivity contribution in [2.24, 2.45) is 5.73 Å². The molecule has 1 unspecified atom stereocenters. The van der Waals surface area contributed by atoms with Crippen LogP contribution in [0.5, 0.6) is 0 Å². The average molecular weight is 314 g/mol. The van der Waals surface area contributed by atoms with Gasteiger partial charge in [-0.3, -0.25) is 4.79 Å². The van der Waals surface area contributed by atoms with Crippen molar-refractivity contribution >= 4 is 17.2 Å². The summed E-state index contributed by atoms with van der Waals surface area (Å²) in [5.74, 6) is -4.42. The number of primary amides is 1. The van der Waals surface area contributed by atoms with Gasteiger partial charge in [-0.15, -0.1) is 11.3 Å². The molecule has 2 rings (SSSR count). The quantitative estimate of drug-likeness (QED) is 0.833. The maximum Gasteiger partial charge on any atom is 0.249 e. The van der Waals surface area contributed by atoms with Crippen LogP contribution >= 0.6 is 11.3 Å². The first kappa shape index (κ1) is 15.5. The van der Waals surface area contributed by atoms with Crippen LogP contribution in [0.4, 0.5) is 13.2 Å². The third kappa shape index (κ3) is 3.62. The van der Waals surface area contributed by atoms with Crippen molar-refractivity contribution in [1.82, 2.24) is 5.32 Å². The second-order valence-electron chi connectivity index (χ2n) is 4.57. The molecular formula is C14H13F3N2OS. The summed E-state index contributed by atoms with van der Waals surface area (Å²) >= 11 is 1.35. The van der Waals surface area contributed by atoms with Gasteiger partial charge in [0, 0.05) is 22.8 Å². The molecule has 0 radical (unpaired) electrons. The summed E-state index contributed by atoms with van der Waals surface area (Å²) in [4.78, 5) is 11.8. The van der Waals surface area contributed by atoms with E-state index in [2.05, 4.69) is 5.32 Å². The highest BCUT2D eigenvalue weighted by Crippen LogP contribution is 2.20. The number of hydrogen-bond donors (Lipinski definition) is 2. The lowest BCUT2D eigenvalue weighted by Gasteiger charge is -2.14. The molecule has 0 bridgehead atoms. The molecule has 0 aliphatic heterocycles. The number of thiophene rings is 1. The van der Waals surface area contributed by atoms with Gasteiger partial charge in [0.2, 0.25) is 5.91 Å². The number of nitrogens with one attached hydrogen (secondary N) is 1. The molecule has 0 saturated heterocycles. The Kier molecular flexibility index (Phi) is 4.64. The van der Waals surface area contributed by atoms with E-state index < -0.39 is 23.4 Å². The first-order chi connectivity index (χ1) is 9.88. The van der Waals surface area contributed by atoms with Crippen LogP contribution in [-0.4, -0.2) is 5.91 Å². The summed E-state index contributed by atoms with van der Waals surface area (Å²) in [6, 6.07) is 3.19. The van der Waals surface area contributed by atoms with Gasteiger partial charge in [-0.2, -0.15) is 0 Å². The smallest absolute Gasteiger partial charge is 0.249 e. The number of rotatable bonds is 5. The van der Waals surface area contributed by atoms with Gasteiger partial charge in [-0.1, -0.05) is 0 Å². The summed E-state index contributed by atoms with van der Waals surface area (Å²) < 4.78 is 39.2. The standard InChI is InChI=1S/C14H13F3N2OS/c1-7(8-3-11(15)13(17)12(16)4-8)19-5-10-2-9(6-21-10)14(18)20/h2-4,6-7,19H,5H2,1H3,(H2,18,20). The van der Waals surface area contributed by atoms with Crippen LogP contribution < -0.4 is 11.1 Å². The van der Waals surface area contributed by atoms with Crippen molar-refractivity contribution in [2.75, 3.05) is 0 Å². The second-order valence-corrected chi connectivity index (χ2v) is 5.56. The van der Waals surface area contributed by atoms with Gasteiger partial charge in [0.25, 0.3) is 0 Å². The Morgan fingerprint density at radius 3 is 2.43 bits per heavy atom. The molecule has 0 aliphatic carbocycles. The minimum absolute atomic E-state index is 0.304. The lowest BCUT2D eigenvalue weighted by molar-refractivity contribution is 0.100. The van der Waals surface area contributed by atoms with Crippen molar-refractivity contribution in [2.45, 2.75) is 19.5 Å². The zero-order valence-electron chi connectivity index (χ0n) is 11.1. The van der Waals surface area contributed by atoms with Crippen LogP contribution in [0.3, 0.4) is 0 Å². The average Bonchev–Trinajstić information content (AvgIpc) is 2.90. The molecule has 1 heterocycles. The van der Waals surface area contributed by atoms with E-state index in [1.165, 1.54) is 11.3 Å². The van der Waals surface area contributed by atoms with E-state index in [0.29, 0.717) is 17.7 Å². The van der Waals surface area contributed by atoms with E-state index in [1.807, 2.05) is 0 Å². The molecule has 0 saturated carbocycles. The van der Waals surface area contributed by atoms with Gasteiger partial charge in [-0.05, 0) is 30.7 Å². The van der Waals surface area contributed by atoms with Crippen molar-refractivity contribution in [3.05, 3.63) is 57.0 Å². The van der Waals surface area contributed by atoms with Gasteiger partial charge in [0.15, 0.2) is 17.5 Å². The molecule has 3 N–H and O–H groups in total. The minimum Gasteiger partial charge on any atom is -0.366 e. The monoisotopic (exact) mass is 314 g/mol. The Balaban J connectivity index is 2.04.